The number of piperidine rings is 1. The summed E-state index contributed by atoms with van der Waals surface area (Å²) in [5.74, 6) is 2.23. The van der Waals surface area contributed by atoms with E-state index in [1.54, 1.807) is 0 Å². The van der Waals surface area contributed by atoms with Crippen molar-refractivity contribution in [2.75, 3.05) is 26.2 Å². The summed E-state index contributed by atoms with van der Waals surface area (Å²) >= 11 is 0. The SMILES string of the molecule is CCC(C)c1ccccc1OCC(O)CN1CCC(C)CC1. The molecule has 2 atom stereocenters. The molecule has 0 spiro atoms. The number of nitrogens with zero attached hydrogens (tertiary/aromatic N) is 1. The number of rotatable bonds is 7. The molecule has 0 bridgehead atoms. The van der Waals surface area contributed by atoms with Crippen molar-refractivity contribution in [3.05, 3.63) is 29.8 Å². The predicted molar refractivity (Wildman–Crippen MR) is 91.5 cm³/mol. The van der Waals surface area contributed by atoms with Crippen molar-refractivity contribution in [1.82, 2.24) is 4.90 Å². The van der Waals surface area contributed by atoms with E-state index in [1.165, 1.54) is 18.4 Å². The lowest BCUT2D eigenvalue weighted by Gasteiger charge is -2.31. The van der Waals surface area contributed by atoms with E-state index in [-0.39, 0.29) is 0 Å². The van der Waals surface area contributed by atoms with Crippen molar-refractivity contribution in [3.8, 4) is 5.75 Å². The van der Waals surface area contributed by atoms with Crippen LogP contribution in [-0.4, -0.2) is 42.4 Å². The zero-order valence-electron chi connectivity index (χ0n) is 14.3. The van der Waals surface area contributed by atoms with Gasteiger partial charge in [0.25, 0.3) is 0 Å². The van der Waals surface area contributed by atoms with Crippen LogP contribution in [0, 0.1) is 5.92 Å². The Morgan fingerprint density at radius 2 is 1.95 bits per heavy atom. The van der Waals surface area contributed by atoms with Gasteiger partial charge in [0, 0.05) is 6.54 Å². The lowest BCUT2D eigenvalue weighted by atomic mass is 9.98. The summed E-state index contributed by atoms with van der Waals surface area (Å²) in [4.78, 5) is 2.36. The summed E-state index contributed by atoms with van der Waals surface area (Å²) in [6, 6.07) is 8.19. The average Bonchev–Trinajstić information content (AvgIpc) is 2.54. The number of β-amino-alcohol motifs (C(OH)–C–C–N with tert-alkyl or cyclic N) is 1. The number of benzene rings is 1. The lowest BCUT2D eigenvalue weighted by molar-refractivity contribution is 0.0559. The number of aliphatic hydroxyl groups is 1. The molecule has 0 amide bonds. The van der Waals surface area contributed by atoms with Crippen LogP contribution >= 0.6 is 0 Å². The normalized spacial score (nSPS) is 19.8. The van der Waals surface area contributed by atoms with Crippen molar-refractivity contribution >= 4 is 0 Å². The Morgan fingerprint density at radius 3 is 2.64 bits per heavy atom. The summed E-state index contributed by atoms with van der Waals surface area (Å²) < 4.78 is 5.91. The molecule has 0 aromatic heterocycles. The molecule has 1 N–H and O–H groups in total. The second-order valence-electron chi connectivity index (χ2n) is 6.80. The fourth-order valence-electron chi connectivity index (χ4n) is 3.02. The molecular weight excluding hydrogens is 274 g/mol. The zero-order chi connectivity index (χ0) is 15.9. The molecule has 1 fully saturated rings. The third-order valence-corrected chi connectivity index (χ3v) is 4.84. The zero-order valence-corrected chi connectivity index (χ0v) is 14.3. The summed E-state index contributed by atoms with van der Waals surface area (Å²) in [7, 11) is 0. The van der Waals surface area contributed by atoms with Gasteiger partial charge < -0.3 is 14.7 Å². The number of para-hydroxylation sites is 1. The van der Waals surface area contributed by atoms with Gasteiger partial charge >= 0.3 is 0 Å². The second kappa shape index (κ2) is 8.54. The van der Waals surface area contributed by atoms with Gasteiger partial charge in [0.2, 0.25) is 0 Å². The maximum atomic E-state index is 10.2. The van der Waals surface area contributed by atoms with Gasteiger partial charge in [-0.25, -0.2) is 0 Å². The smallest absolute Gasteiger partial charge is 0.122 e. The summed E-state index contributed by atoms with van der Waals surface area (Å²) in [5, 5.41) is 10.2. The van der Waals surface area contributed by atoms with Crippen LogP contribution in [0.5, 0.6) is 5.75 Å². The van der Waals surface area contributed by atoms with E-state index >= 15 is 0 Å². The van der Waals surface area contributed by atoms with Gasteiger partial charge in [-0.1, -0.05) is 39.0 Å². The van der Waals surface area contributed by atoms with E-state index in [0.29, 0.717) is 12.5 Å². The first-order valence-corrected chi connectivity index (χ1v) is 8.72. The fourth-order valence-corrected chi connectivity index (χ4v) is 3.02. The van der Waals surface area contributed by atoms with Crippen LogP contribution in [0.4, 0.5) is 0 Å². The summed E-state index contributed by atoms with van der Waals surface area (Å²) in [6.07, 6.45) is 3.16. The molecule has 0 radical (unpaired) electrons. The molecule has 1 heterocycles. The number of aliphatic hydroxyl groups excluding tert-OH is 1. The standard InChI is InChI=1S/C19H31NO2/c1-4-16(3)18-7-5-6-8-19(18)22-14-17(21)13-20-11-9-15(2)10-12-20/h5-8,15-17,21H,4,9-14H2,1-3H3. The first-order valence-electron chi connectivity index (χ1n) is 8.72. The van der Waals surface area contributed by atoms with E-state index in [9.17, 15) is 5.11 Å². The van der Waals surface area contributed by atoms with Crippen LogP contribution in [0.2, 0.25) is 0 Å². The highest BCUT2D eigenvalue weighted by atomic mass is 16.5. The molecule has 1 aromatic carbocycles. The van der Waals surface area contributed by atoms with Crippen molar-refractivity contribution in [2.24, 2.45) is 5.92 Å². The lowest BCUT2D eigenvalue weighted by Crippen LogP contribution is -2.40. The van der Waals surface area contributed by atoms with Crippen LogP contribution in [-0.2, 0) is 0 Å². The third-order valence-electron chi connectivity index (χ3n) is 4.84. The van der Waals surface area contributed by atoms with Gasteiger partial charge in [-0.2, -0.15) is 0 Å². The van der Waals surface area contributed by atoms with E-state index in [1.807, 2.05) is 12.1 Å². The highest BCUT2D eigenvalue weighted by Gasteiger charge is 2.19. The molecule has 3 nitrogen and oxygen atoms in total. The topological polar surface area (TPSA) is 32.7 Å². The molecule has 124 valence electrons. The third kappa shape index (κ3) is 4.99. The van der Waals surface area contributed by atoms with Crippen LogP contribution in [0.1, 0.15) is 51.5 Å². The molecule has 1 saturated heterocycles. The Labute approximate surface area is 135 Å². The molecule has 0 aliphatic carbocycles. The van der Waals surface area contributed by atoms with E-state index in [4.69, 9.17) is 4.74 Å². The molecule has 1 aromatic rings. The summed E-state index contributed by atoms with van der Waals surface area (Å²) in [5.41, 5.74) is 1.24. The van der Waals surface area contributed by atoms with Crippen molar-refractivity contribution in [2.45, 2.75) is 52.1 Å². The first kappa shape index (κ1) is 17.3. The average molecular weight is 305 g/mol. The minimum absolute atomic E-state index is 0.375. The van der Waals surface area contributed by atoms with E-state index in [2.05, 4.69) is 37.8 Å². The van der Waals surface area contributed by atoms with Crippen molar-refractivity contribution in [1.29, 1.82) is 0 Å². The first-order chi connectivity index (χ1) is 10.6. The van der Waals surface area contributed by atoms with Gasteiger partial charge in [-0.15, -0.1) is 0 Å². The minimum atomic E-state index is -0.418. The van der Waals surface area contributed by atoms with Crippen molar-refractivity contribution < 1.29 is 9.84 Å². The van der Waals surface area contributed by atoms with Gasteiger partial charge in [0.1, 0.15) is 18.5 Å². The molecule has 3 heteroatoms. The van der Waals surface area contributed by atoms with Gasteiger partial charge in [0.05, 0.1) is 0 Å². The predicted octanol–water partition coefficient (Wildman–Crippen LogP) is 3.67. The quantitative estimate of drug-likeness (QED) is 0.834. The molecule has 2 unspecified atom stereocenters. The Balaban J connectivity index is 1.82. The molecule has 1 aliphatic heterocycles. The van der Waals surface area contributed by atoms with Crippen molar-refractivity contribution in [3.63, 3.8) is 0 Å². The van der Waals surface area contributed by atoms with Crippen LogP contribution in [0.3, 0.4) is 0 Å². The maximum absolute atomic E-state index is 10.2. The summed E-state index contributed by atoms with van der Waals surface area (Å²) in [6.45, 7) is 10.0. The number of hydrogen-bond donors (Lipinski definition) is 1. The molecular formula is C19H31NO2. The van der Waals surface area contributed by atoms with Crippen LogP contribution in [0.25, 0.3) is 0 Å². The fraction of sp³-hybridized carbons (Fsp3) is 0.684. The highest BCUT2D eigenvalue weighted by Crippen LogP contribution is 2.28. The second-order valence-corrected chi connectivity index (χ2v) is 6.80. The molecule has 22 heavy (non-hydrogen) atoms. The van der Waals surface area contributed by atoms with Gasteiger partial charge in [-0.05, 0) is 55.8 Å². The Bertz CT molecular complexity index is 441. The Kier molecular flexibility index (Phi) is 6.71. The van der Waals surface area contributed by atoms with Crippen LogP contribution < -0.4 is 4.74 Å². The number of likely N-dealkylation sites (tertiary alicyclic amines) is 1. The highest BCUT2D eigenvalue weighted by molar-refractivity contribution is 5.35. The largest absolute Gasteiger partial charge is 0.491 e. The Hall–Kier alpha value is -1.06. The number of ether oxygens (including phenoxy) is 1. The van der Waals surface area contributed by atoms with Crippen LogP contribution in [0.15, 0.2) is 24.3 Å². The van der Waals surface area contributed by atoms with Gasteiger partial charge in [0.15, 0.2) is 0 Å². The molecule has 1 aliphatic rings. The van der Waals surface area contributed by atoms with Gasteiger partial charge in [-0.3, -0.25) is 0 Å². The molecule has 2 rings (SSSR count). The Morgan fingerprint density at radius 1 is 1.27 bits per heavy atom. The number of hydrogen-bond acceptors (Lipinski definition) is 3. The van der Waals surface area contributed by atoms with E-state index < -0.39 is 6.10 Å². The molecule has 0 saturated carbocycles. The maximum Gasteiger partial charge on any atom is 0.122 e. The van der Waals surface area contributed by atoms with E-state index in [0.717, 1.165) is 37.7 Å². The minimum Gasteiger partial charge on any atom is -0.491 e. The monoisotopic (exact) mass is 305 g/mol.